The third-order valence-electron chi connectivity index (χ3n) is 3.49. The number of nitro groups is 1. The van der Waals surface area contributed by atoms with E-state index in [1.54, 1.807) is 0 Å². The van der Waals surface area contributed by atoms with Crippen LogP contribution in [0.3, 0.4) is 0 Å². The zero-order valence-electron chi connectivity index (χ0n) is 13.2. The molecule has 0 heterocycles. The van der Waals surface area contributed by atoms with Crippen molar-refractivity contribution in [1.82, 2.24) is 4.90 Å². The highest BCUT2D eigenvalue weighted by Gasteiger charge is 2.17. The normalized spacial score (nSPS) is 10.3. The molecule has 0 atom stereocenters. The first-order chi connectivity index (χ1) is 11.8. The maximum Gasteiger partial charge on any atom is 0.269 e. The van der Waals surface area contributed by atoms with Crippen LogP contribution in [0.15, 0.2) is 53.0 Å². The summed E-state index contributed by atoms with van der Waals surface area (Å²) in [4.78, 5) is 35.3. The SMILES string of the molecule is NC(=O)CN(Cc1ccc(Br)cc1)C(=O)Cc1ccc([N+](=O)[O-])cc1. The second-order valence-corrected chi connectivity index (χ2v) is 6.36. The molecule has 2 amide bonds. The molecule has 0 fully saturated rings. The molecule has 0 aromatic heterocycles. The average Bonchev–Trinajstić information content (AvgIpc) is 2.56. The van der Waals surface area contributed by atoms with E-state index in [4.69, 9.17) is 5.73 Å². The van der Waals surface area contributed by atoms with Gasteiger partial charge < -0.3 is 10.6 Å². The minimum absolute atomic E-state index is 0.0296. The Kier molecular flexibility index (Phi) is 6.24. The number of carbonyl (C=O) groups excluding carboxylic acids is 2. The first kappa shape index (κ1) is 18.6. The van der Waals surface area contributed by atoms with E-state index >= 15 is 0 Å². The van der Waals surface area contributed by atoms with Crippen molar-refractivity contribution in [2.75, 3.05) is 6.54 Å². The zero-order valence-corrected chi connectivity index (χ0v) is 14.8. The molecule has 0 aliphatic heterocycles. The first-order valence-electron chi connectivity index (χ1n) is 7.39. The third kappa shape index (κ3) is 5.68. The van der Waals surface area contributed by atoms with Crippen molar-refractivity contribution >= 4 is 33.4 Å². The largest absolute Gasteiger partial charge is 0.368 e. The van der Waals surface area contributed by atoms with E-state index in [9.17, 15) is 19.7 Å². The number of amides is 2. The highest BCUT2D eigenvalue weighted by molar-refractivity contribution is 9.10. The van der Waals surface area contributed by atoms with Crippen molar-refractivity contribution in [3.05, 3.63) is 74.2 Å². The molecule has 25 heavy (non-hydrogen) atoms. The van der Waals surface area contributed by atoms with E-state index in [0.717, 1.165) is 10.0 Å². The van der Waals surface area contributed by atoms with Gasteiger partial charge in [-0.15, -0.1) is 0 Å². The van der Waals surface area contributed by atoms with E-state index in [0.29, 0.717) is 5.56 Å². The number of nitro benzene ring substituents is 1. The van der Waals surface area contributed by atoms with Crippen LogP contribution in [-0.4, -0.2) is 28.2 Å². The zero-order chi connectivity index (χ0) is 18.4. The Bertz CT molecular complexity index is 775. The summed E-state index contributed by atoms with van der Waals surface area (Å²) in [5.74, 6) is -0.885. The lowest BCUT2D eigenvalue weighted by Gasteiger charge is -2.21. The quantitative estimate of drug-likeness (QED) is 0.563. The van der Waals surface area contributed by atoms with E-state index in [2.05, 4.69) is 15.9 Å². The summed E-state index contributed by atoms with van der Waals surface area (Å²) >= 11 is 3.34. The Morgan fingerprint density at radius 3 is 2.12 bits per heavy atom. The number of nitrogens with two attached hydrogens (primary N) is 1. The fraction of sp³-hybridized carbons (Fsp3) is 0.176. The summed E-state index contributed by atoms with van der Waals surface area (Å²) in [7, 11) is 0. The molecule has 0 spiro atoms. The van der Waals surface area contributed by atoms with Crippen LogP contribution in [0.25, 0.3) is 0 Å². The number of nitrogens with zero attached hydrogens (tertiary/aromatic N) is 2. The molecule has 2 rings (SSSR count). The van der Waals surface area contributed by atoms with Gasteiger partial charge in [-0.3, -0.25) is 19.7 Å². The summed E-state index contributed by atoms with van der Waals surface area (Å²) in [5.41, 5.74) is 6.69. The van der Waals surface area contributed by atoms with Crippen LogP contribution in [0, 0.1) is 10.1 Å². The summed E-state index contributed by atoms with van der Waals surface area (Å²) in [6.45, 7) is 0.0594. The second-order valence-electron chi connectivity index (χ2n) is 5.44. The predicted molar refractivity (Wildman–Crippen MR) is 95.6 cm³/mol. The number of rotatable bonds is 7. The van der Waals surface area contributed by atoms with Gasteiger partial charge in [0.2, 0.25) is 11.8 Å². The molecule has 0 unspecified atom stereocenters. The Morgan fingerprint density at radius 1 is 1.04 bits per heavy atom. The number of halogens is 1. The van der Waals surface area contributed by atoms with Crippen molar-refractivity contribution in [3.8, 4) is 0 Å². The molecule has 2 aromatic carbocycles. The van der Waals surface area contributed by atoms with Crippen LogP contribution in [0.2, 0.25) is 0 Å². The maximum atomic E-state index is 12.5. The van der Waals surface area contributed by atoms with Gasteiger partial charge in [-0.25, -0.2) is 0 Å². The Balaban J connectivity index is 2.10. The molecule has 8 heteroatoms. The van der Waals surface area contributed by atoms with Crippen LogP contribution >= 0.6 is 15.9 Å². The van der Waals surface area contributed by atoms with Crippen LogP contribution in [0.1, 0.15) is 11.1 Å². The number of non-ortho nitro benzene ring substituents is 1. The summed E-state index contributed by atoms with van der Waals surface area (Å²) in [6, 6.07) is 13.1. The smallest absolute Gasteiger partial charge is 0.269 e. The van der Waals surface area contributed by atoms with Crippen molar-refractivity contribution < 1.29 is 14.5 Å². The fourth-order valence-corrected chi connectivity index (χ4v) is 2.52. The lowest BCUT2D eigenvalue weighted by atomic mass is 10.1. The monoisotopic (exact) mass is 405 g/mol. The minimum atomic E-state index is -0.603. The third-order valence-corrected chi connectivity index (χ3v) is 4.02. The van der Waals surface area contributed by atoms with E-state index in [1.165, 1.54) is 29.2 Å². The molecule has 0 radical (unpaired) electrons. The van der Waals surface area contributed by atoms with Gasteiger partial charge in [0.15, 0.2) is 0 Å². The van der Waals surface area contributed by atoms with Gasteiger partial charge in [0.05, 0.1) is 17.9 Å². The number of benzene rings is 2. The summed E-state index contributed by atoms with van der Waals surface area (Å²) in [6.07, 6.45) is 0.0296. The molecule has 0 saturated heterocycles. The topological polar surface area (TPSA) is 107 Å². The summed E-state index contributed by atoms with van der Waals surface area (Å²) in [5, 5.41) is 10.7. The average molecular weight is 406 g/mol. The van der Waals surface area contributed by atoms with Gasteiger partial charge in [-0.05, 0) is 23.3 Å². The van der Waals surface area contributed by atoms with E-state index in [1.807, 2.05) is 24.3 Å². The van der Waals surface area contributed by atoms with Crippen molar-refractivity contribution in [3.63, 3.8) is 0 Å². The van der Waals surface area contributed by atoms with Gasteiger partial charge in [-0.1, -0.05) is 40.2 Å². The molecule has 130 valence electrons. The molecular weight excluding hydrogens is 390 g/mol. The van der Waals surface area contributed by atoms with Crippen LogP contribution < -0.4 is 5.73 Å². The lowest BCUT2D eigenvalue weighted by molar-refractivity contribution is -0.384. The molecule has 0 saturated carbocycles. The number of carbonyl (C=O) groups is 2. The number of hydrogen-bond acceptors (Lipinski definition) is 4. The molecule has 0 aliphatic rings. The predicted octanol–water partition coefficient (Wildman–Crippen LogP) is 2.41. The Labute approximate surface area is 152 Å². The van der Waals surface area contributed by atoms with Gasteiger partial charge >= 0.3 is 0 Å². The van der Waals surface area contributed by atoms with Crippen molar-refractivity contribution in [2.24, 2.45) is 5.73 Å². The summed E-state index contributed by atoms with van der Waals surface area (Å²) < 4.78 is 0.912. The lowest BCUT2D eigenvalue weighted by Crippen LogP contribution is -2.38. The molecule has 7 nitrogen and oxygen atoms in total. The highest BCUT2D eigenvalue weighted by Crippen LogP contribution is 2.15. The molecular formula is C17H16BrN3O4. The Hall–Kier alpha value is -2.74. The fourth-order valence-electron chi connectivity index (χ4n) is 2.25. The van der Waals surface area contributed by atoms with Crippen LogP contribution in [-0.2, 0) is 22.6 Å². The minimum Gasteiger partial charge on any atom is -0.368 e. The van der Waals surface area contributed by atoms with Crippen molar-refractivity contribution in [1.29, 1.82) is 0 Å². The molecule has 2 N–H and O–H groups in total. The standard InChI is InChI=1S/C17H16BrN3O4/c18-14-5-1-13(2-6-14)10-20(11-16(19)22)17(23)9-12-3-7-15(8-4-12)21(24)25/h1-8H,9-11H2,(H2,19,22). The van der Waals surface area contributed by atoms with Crippen molar-refractivity contribution in [2.45, 2.75) is 13.0 Å². The molecule has 0 aliphatic carbocycles. The molecule has 0 bridgehead atoms. The van der Waals surface area contributed by atoms with Gasteiger partial charge in [0.25, 0.3) is 5.69 Å². The Morgan fingerprint density at radius 2 is 1.60 bits per heavy atom. The van der Waals surface area contributed by atoms with Gasteiger partial charge in [0, 0.05) is 23.2 Å². The first-order valence-corrected chi connectivity index (χ1v) is 8.18. The van der Waals surface area contributed by atoms with Crippen LogP contribution in [0.5, 0.6) is 0 Å². The highest BCUT2D eigenvalue weighted by atomic mass is 79.9. The number of hydrogen-bond donors (Lipinski definition) is 1. The maximum absolute atomic E-state index is 12.5. The molecule has 2 aromatic rings. The van der Waals surface area contributed by atoms with Gasteiger partial charge in [-0.2, -0.15) is 0 Å². The second kappa shape index (κ2) is 8.39. The van der Waals surface area contributed by atoms with E-state index in [-0.39, 0.29) is 31.1 Å². The number of primary amides is 1. The van der Waals surface area contributed by atoms with Crippen LogP contribution in [0.4, 0.5) is 5.69 Å². The van der Waals surface area contributed by atoms with Gasteiger partial charge in [0.1, 0.15) is 0 Å². The van der Waals surface area contributed by atoms with E-state index < -0.39 is 10.8 Å².